The Morgan fingerprint density at radius 1 is 1.32 bits per heavy atom. The van der Waals surface area contributed by atoms with Crippen molar-refractivity contribution in [2.24, 2.45) is 0 Å². The van der Waals surface area contributed by atoms with E-state index in [0.717, 1.165) is 10.9 Å². The Hall–Kier alpha value is -2.42. The molecule has 116 valence electrons. The Morgan fingerprint density at radius 3 is 2.82 bits per heavy atom. The molecule has 0 unspecified atom stereocenters. The fraction of sp³-hybridized carbons (Fsp3) is 0.308. The topological polar surface area (TPSA) is 66.0 Å². The van der Waals surface area contributed by atoms with Crippen molar-refractivity contribution in [1.82, 2.24) is 19.9 Å². The maximum Gasteiger partial charge on any atom is 0.471 e. The van der Waals surface area contributed by atoms with E-state index in [9.17, 15) is 13.2 Å². The lowest BCUT2D eigenvalue weighted by molar-refractivity contribution is -0.159. The highest BCUT2D eigenvalue weighted by atomic mass is 19.4. The number of rotatable bonds is 4. The Morgan fingerprint density at radius 2 is 2.14 bits per heavy atom. The first kappa shape index (κ1) is 14.5. The van der Waals surface area contributed by atoms with Gasteiger partial charge in [-0.05, 0) is 18.2 Å². The largest absolute Gasteiger partial charge is 0.471 e. The van der Waals surface area contributed by atoms with Crippen molar-refractivity contribution in [3.63, 3.8) is 0 Å². The summed E-state index contributed by atoms with van der Waals surface area (Å²) in [4.78, 5) is 3.36. The molecule has 1 aromatic carbocycles. The van der Waals surface area contributed by atoms with Crippen LogP contribution in [0.25, 0.3) is 22.3 Å². The molecule has 3 rings (SSSR count). The average molecular weight is 312 g/mol. The van der Waals surface area contributed by atoms with E-state index < -0.39 is 12.1 Å². The highest BCUT2D eigenvalue weighted by Crippen LogP contribution is 2.30. The number of aromatic nitrogens is 4. The lowest BCUT2D eigenvalue weighted by Crippen LogP contribution is -2.05. The second kappa shape index (κ2) is 5.41. The smallest absolute Gasteiger partial charge is 0.383 e. The molecule has 0 aliphatic rings. The van der Waals surface area contributed by atoms with Gasteiger partial charge < -0.3 is 9.26 Å². The lowest BCUT2D eigenvalue weighted by atomic mass is 10.1. The van der Waals surface area contributed by atoms with Gasteiger partial charge >= 0.3 is 12.1 Å². The standard InChI is InChI=1S/C13H11F3N4O2/c1-21-5-4-20-10-3-2-8(6-9(10)7-17-20)11-18-12(22-19-11)13(14,15)16/h2-3,6-7H,4-5H2,1H3. The number of nitrogens with zero attached hydrogens (tertiary/aromatic N) is 4. The zero-order valence-electron chi connectivity index (χ0n) is 11.5. The Balaban J connectivity index is 1.94. The third-order valence-electron chi connectivity index (χ3n) is 3.08. The van der Waals surface area contributed by atoms with Crippen molar-refractivity contribution in [2.45, 2.75) is 12.7 Å². The average Bonchev–Trinajstić information content (AvgIpc) is 3.11. The van der Waals surface area contributed by atoms with Crippen LogP contribution in [0.4, 0.5) is 13.2 Å². The van der Waals surface area contributed by atoms with E-state index in [0.29, 0.717) is 18.7 Å². The van der Waals surface area contributed by atoms with Crippen molar-refractivity contribution in [1.29, 1.82) is 0 Å². The SMILES string of the molecule is COCCn1ncc2cc(-c3noc(C(F)(F)F)n3)ccc21. The van der Waals surface area contributed by atoms with E-state index in [1.807, 2.05) is 0 Å². The molecular weight excluding hydrogens is 301 g/mol. The summed E-state index contributed by atoms with van der Waals surface area (Å²) >= 11 is 0. The van der Waals surface area contributed by atoms with Crippen molar-refractivity contribution in [3.05, 3.63) is 30.3 Å². The second-order valence-electron chi connectivity index (χ2n) is 4.56. The summed E-state index contributed by atoms with van der Waals surface area (Å²) in [6, 6.07) is 5.03. The van der Waals surface area contributed by atoms with Crippen LogP contribution in [-0.2, 0) is 17.5 Å². The predicted molar refractivity (Wildman–Crippen MR) is 69.9 cm³/mol. The molecule has 0 spiro atoms. The number of methoxy groups -OCH3 is 1. The molecule has 22 heavy (non-hydrogen) atoms. The van der Waals surface area contributed by atoms with E-state index >= 15 is 0 Å². The lowest BCUT2D eigenvalue weighted by Gasteiger charge is -2.02. The normalized spacial score (nSPS) is 12.2. The van der Waals surface area contributed by atoms with Crippen LogP contribution >= 0.6 is 0 Å². The summed E-state index contributed by atoms with van der Waals surface area (Å²) in [6.07, 6.45) is -3.03. The summed E-state index contributed by atoms with van der Waals surface area (Å²) in [5.41, 5.74) is 1.28. The van der Waals surface area contributed by atoms with Crippen LogP contribution < -0.4 is 0 Å². The van der Waals surface area contributed by atoms with Crippen LogP contribution in [0.15, 0.2) is 28.9 Å². The number of hydrogen-bond acceptors (Lipinski definition) is 5. The van der Waals surface area contributed by atoms with Gasteiger partial charge in [0, 0.05) is 18.1 Å². The summed E-state index contributed by atoms with van der Waals surface area (Å²) in [5.74, 6) is -1.47. The van der Waals surface area contributed by atoms with Crippen LogP contribution in [0.3, 0.4) is 0 Å². The number of alkyl halides is 3. The van der Waals surface area contributed by atoms with Gasteiger partial charge in [0.25, 0.3) is 0 Å². The molecule has 0 bridgehead atoms. The number of benzene rings is 1. The second-order valence-corrected chi connectivity index (χ2v) is 4.56. The first-order chi connectivity index (χ1) is 10.5. The molecule has 9 heteroatoms. The minimum atomic E-state index is -4.65. The zero-order chi connectivity index (χ0) is 15.7. The maximum absolute atomic E-state index is 12.5. The fourth-order valence-electron chi connectivity index (χ4n) is 2.04. The molecule has 6 nitrogen and oxygen atoms in total. The van der Waals surface area contributed by atoms with Crippen LogP contribution in [0.1, 0.15) is 5.89 Å². The number of ether oxygens (including phenoxy) is 1. The van der Waals surface area contributed by atoms with Crippen LogP contribution in [0.2, 0.25) is 0 Å². The zero-order valence-corrected chi connectivity index (χ0v) is 11.5. The monoisotopic (exact) mass is 312 g/mol. The summed E-state index contributed by atoms with van der Waals surface area (Å²) < 4.78 is 48.4. The number of hydrogen-bond donors (Lipinski definition) is 0. The molecule has 0 aliphatic carbocycles. The van der Waals surface area contributed by atoms with Crippen LogP contribution in [0, 0.1) is 0 Å². The molecule has 2 aromatic heterocycles. The quantitative estimate of drug-likeness (QED) is 0.741. The molecule has 0 saturated heterocycles. The molecule has 2 heterocycles. The Kier molecular flexibility index (Phi) is 3.57. The molecule has 0 radical (unpaired) electrons. The summed E-state index contributed by atoms with van der Waals surface area (Å²) in [7, 11) is 1.60. The van der Waals surface area contributed by atoms with Gasteiger partial charge in [0.15, 0.2) is 0 Å². The summed E-state index contributed by atoms with van der Waals surface area (Å²) in [5, 5.41) is 8.34. The Labute approximate surface area is 122 Å². The first-order valence-corrected chi connectivity index (χ1v) is 6.35. The molecular formula is C13H11F3N4O2. The van der Waals surface area contributed by atoms with E-state index in [2.05, 4.69) is 19.8 Å². The van der Waals surface area contributed by atoms with E-state index in [1.54, 1.807) is 36.2 Å². The van der Waals surface area contributed by atoms with E-state index in [4.69, 9.17) is 4.74 Å². The number of fused-ring (bicyclic) bond motifs is 1. The minimum absolute atomic E-state index is 0.112. The van der Waals surface area contributed by atoms with Gasteiger partial charge in [0.05, 0.1) is 24.9 Å². The van der Waals surface area contributed by atoms with Crippen molar-refractivity contribution < 1.29 is 22.4 Å². The molecule has 0 N–H and O–H groups in total. The van der Waals surface area contributed by atoms with Crippen molar-refractivity contribution >= 4 is 10.9 Å². The summed E-state index contributed by atoms with van der Waals surface area (Å²) in [6.45, 7) is 1.10. The Bertz CT molecular complexity index is 794. The third kappa shape index (κ3) is 2.67. The van der Waals surface area contributed by atoms with E-state index in [1.165, 1.54) is 0 Å². The van der Waals surface area contributed by atoms with Gasteiger partial charge in [-0.3, -0.25) is 4.68 Å². The van der Waals surface area contributed by atoms with Crippen LogP contribution in [0.5, 0.6) is 0 Å². The molecule has 0 amide bonds. The maximum atomic E-state index is 12.5. The number of halogens is 3. The van der Waals surface area contributed by atoms with Gasteiger partial charge in [0.2, 0.25) is 5.82 Å². The van der Waals surface area contributed by atoms with Gasteiger partial charge in [-0.1, -0.05) is 5.16 Å². The molecule has 0 saturated carbocycles. The van der Waals surface area contributed by atoms with Gasteiger partial charge in [0.1, 0.15) is 0 Å². The third-order valence-corrected chi connectivity index (χ3v) is 3.08. The highest BCUT2D eigenvalue weighted by molar-refractivity contribution is 5.83. The highest BCUT2D eigenvalue weighted by Gasteiger charge is 2.38. The van der Waals surface area contributed by atoms with Gasteiger partial charge in [-0.15, -0.1) is 0 Å². The van der Waals surface area contributed by atoms with Gasteiger partial charge in [-0.2, -0.15) is 23.3 Å². The minimum Gasteiger partial charge on any atom is -0.383 e. The molecule has 0 atom stereocenters. The van der Waals surface area contributed by atoms with Crippen molar-refractivity contribution in [3.8, 4) is 11.4 Å². The first-order valence-electron chi connectivity index (χ1n) is 6.35. The fourth-order valence-corrected chi connectivity index (χ4v) is 2.04. The molecule has 0 aliphatic heterocycles. The molecule has 3 aromatic rings. The predicted octanol–water partition coefficient (Wildman–Crippen LogP) is 2.75. The molecule has 0 fully saturated rings. The van der Waals surface area contributed by atoms with Gasteiger partial charge in [-0.25, -0.2) is 0 Å². The van der Waals surface area contributed by atoms with Crippen molar-refractivity contribution in [2.75, 3.05) is 13.7 Å². The van der Waals surface area contributed by atoms with Crippen LogP contribution in [-0.4, -0.2) is 33.6 Å². The van der Waals surface area contributed by atoms with E-state index in [-0.39, 0.29) is 5.82 Å².